The fourth-order valence-corrected chi connectivity index (χ4v) is 2.36. The number of aliphatic hydroxyl groups is 1. The molecule has 0 bridgehead atoms. The molecule has 2 rings (SSSR count). The molecule has 25 heavy (non-hydrogen) atoms. The highest BCUT2D eigenvalue weighted by atomic mass is 16.5. The van der Waals surface area contributed by atoms with Crippen LogP contribution in [0.4, 0.5) is 5.69 Å². The van der Waals surface area contributed by atoms with Crippen LogP contribution in [0.1, 0.15) is 26.5 Å². The first kappa shape index (κ1) is 18.7. The first-order chi connectivity index (χ1) is 11.7. The van der Waals surface area contributed by atoms with Gasteiger partial charge in [-0.1, -0.05) is 6.07 Å². The van der Waals surface area contributed by atoms with E-state index in [1.165, 1.54) is 17.6 Å². The number of amides is 1. The maximum atomic E-state index is 12.4. The summed E-state index contributed by atoms with van der Waals surface area (Å²) in [5.41, 5.74) is -0.777. The zero-order valence-corrected chi connectivity index (χ0v) is 14.9. The van der Waals surface area contributed by atoms with Crippen molar-refractivity contribution in [1.82, 2.24) is 4.57 Å². The van der Waals surface area contributed by atoms with E-state index < -0.39 is 11.5 Å². The Morgan fingerprint density at radius 1 is 1.24 bits per heavy atom. The number of carbonyl (C=O) groups excluding carboxylic acids is 1. The molecule has 1 heterocycles. The van der Waals surface area contributed by atoms with E-state index >= 15 is 0 Å². The number of ether oxygens (including phenoxy) is 1. The molecule has 0 saturated heterocycles. The van der Waals surface area contributed by atoms with Gasteiger partial charge < -0.3 is 19.7 Å². The highest BCUT2D eigenvalue weighted by Gasteiger charge is 2.31. The molecular formula is C19H24N2O4. The molecule has 0 fully saturated rings. The zero-order chi connectivity index (χ0) is 18.6. The lowest BCUT2D eigenvalue weighted by molar-refractivity contribution is -0.133. The lowest BCUT2D eigenvalue weighted by Crippen LogP contribution is -2.46. The molecule has 6 nitrogen and oxygen atoms in total. The maximum Gasteiger partial charge on any atom is 0.257 e. The van der Waals surface area contributed by atoms with E-state index in [-0.39, 0.29) is 18.2 Å². The van der Waals surface area contributed by atoms with Gasteiger partial charge in [0.2, 0.25) is 0 Å². The molecule has 1 atom stereocenters. The molecule has 0 aliphatic heterocycles. The van der Waals surface area contributed by atoms with Crippen molar-refractivity contribution in [3.8, 4) is 5.75 Å². The minimum atomic E-state index is -1.73. The van der Waals surface area contributed by atoms with Crippen LogP contribution in [0.2, 0.25) is 0 Å². The monoisotopic (exact) mass is 344 g/mol. The molecule has 2 aromatic rings. The number of pyridine rings is 1. The van der Waals surface area contributed by atoms with Gasteiger partial charge in [-0.05, 0) is 58.0 Å². The molecule has 0 spiro atoms. The van der Waals surface area contributed by atoms with Gasteiger partial charge in [-0.2, -0.15) is 0 Å². The van der Waals surface area contributed by atoms with Crippen molar-refractivity contribution < 1.29 is 14.6 Å². The lowest BCUT2D eigenvalue weighted by Gasteiger charge is -2.24. The van der Waals surface area contributed by atoms with Crippen molar-refractivity contribution in [2.75, 3.05) is 5.32 Å². The Balaban J connectivity index is 2.09. The second kappa shape index (κ2) is 7.53. The third kappa shape index (κ3) is 4.93. The normalized spacial score (nSPS) is 13.4. The van der Waals surface area contributed by atoms with Crippen molar-refractivity contribution >= 4 is 11.6 Å². The Labute approximate surface area is 147 Å². The molecule has 0 radical (unpaired) electrons. The molecule has 1 unspecified atom stereocenters. The van der Waals surface area contributed by atoms with Gasteiger partial charge in [0.25, 0.3) is 11.5 Å². The number of hydrogen-bond donors (Lipinski definition) is 2. The molecule has 1 amide bonds. The predicted octanol–water partition coefficient (Wildman–Crippen LogP) is 2.33. The highest BCUT2D eigenvalue weighted by Crippen LogP contribution is 2.18. The van der Waals surface area contributed by atoms with Crippen LogP contribution in [-0.2, 0) is 11.3 Å². The number of aromatic nitrogens is 1. The van der Waals surface area contributed by atoms with Gasteiger partial charge in [0, 0.05) is 17.4 Å². The van der Waals surface area contributed by atoms with Gasteiger partial charge in [0.05, 0.1) is 12.6 Å². The van der Waals surface area contributed by atoms with E-state index in [2.05, 4.69) is 5.32 Å². The van der Waals surface area contributed by atoms with Crippen molar-refractivity contribution in [2.45, 2.75) is 45.9 Å². The summed E-state index contributed by atoms with van der Waals surface area (Å²) in [6.07, 6.45) is 0.0635. The maximum absolute atomic E-state index is 12.4. The van der Waals surface area contributed by atoms with E-state index in [9.17, 15) is 14.7 Å². The van der Waals surface area contributed by atoms with Gasteiger partial charge in [-0.15, -0.1) is 0 Å². The van der Waals surface area contributed by atoms with Gasteiger partial charge in [-0.3, -0.25) is 9.59 Å². The Kier molecular flexibility index (Phi) is 5.64. The first-order valence-electron chi connectivity index (χ1n) is 8.16. The topological polar surface area (TPSA) is 80.6 Å². The van der Waals surface area contributed by atoms with Crippen LogP contribution in [0.5, 0.6) is 5.75 Å². The summed E-state index contributed by atoms with van der Waals surface area (Å²) in [6.45, 7) is 6.87. The molecule has 1 aromatic heterocycles. The average molecular weight is 344 g/mol. The van der Waals surface area contributed by atoms with Gasteiger partial charge >= 0.3 is 0 Å². The smallest absolute Gasteiger partial charge is 0.257 e. The van der Waals surface area contributed by atoms with Crippen LogP contribution < -0.4 is 15.6 Å². The quantitative estimate of drug-likeness (QED) is 0.843. The number of benzene rings is 1. The number of nitrogens with one attached hydrogen (secondary N) is 1. The number of aryl methyl sites for hydroxylation is 1. The van der Waals surface area contributed by atoms with Gasteiger partial charge in [0.1, 0.15) is 5.75 Å². The summed E-state index contributed by atoms with van der Waals surface area (Å²) in [4.78, 5) is 24.3. The van der Waals surface area contributed by atoms with E-state index in [1.807, 2.05) is 13.8 Å². The second-order valence-electron chi connectivity index (χ2n) is 6.51. The van der Waals surface area contributed by atoms with Crippen LogP contribution in [0.15, 0.2) is 47.3 Å². The van der Waals surface area contributed by atoms with Crippen molar-refractivity contribution in [2.24, 2.45) is 0 Å². The van der Waals surface area contributed by atoms with Crippen molar-refractivity contribution in [1.29, 1.82) is 0 Å². The van der Waals surface area contributed by atoms with Crippen molar-refractivity contribution in [3.63, 3.8) is 0 Å². The van der Waals surface area contributed by atoms with E-state index in [0.29, 0.717) is 17.1 Å². The molecule has 6 heteroatoms. The van der Waals surface area contributed by atoms with E-state index in [0.717, 1.165) is 0 Å². The zero-order valence-electron chi connectivity index (χ0n) is 14.9. The Bertz CT molecular complexity index is 792. The third-order valence-corrected chi connectivity index (χ3v) is 3.71. The summed E-state index contributed by atoms with van der Waals surface area (Å²) in [7, 11) is 0. The SMILES string of the molecule is Cc1cccc(=O)n1CC(C)(O)C(=O)Nc1ccc(OC(C)C)cc1. The number of carbonyl (C=O) groups is 1. The summed E-state index contributed by atoms with van der Waals surface area (Å²) in [5.74, 6) is 0.117. The van der Waals surface area contributed by atoms with Gasteiger partial charge in [0.15, 0.2) is 5.60 Å². The first-order valence-corrected chi connectivity index (χ1v) is 8.16. The second-order valence-corrected chi connectivity index (χ2v) is 6.51. The predicted molar refractivity (Wildman–Crippen MR) is 96.9 cm³/mol. The lowest BCUT2D eigenvalue weighted by atomic mass is 10.1. The molecule has 1 aromatic carbocycles. The summed E-state index contributed by atoms with van der Waals surface area (Å²) < 4.78 is 6.92. The van der Waals surface area contributed by atoms with Crippen molar-refractivity contribution in [3.05, 3.63) is 58.5 Å². The standard InChI is InChI=1S/C19H24N2O4/c1-13(2)25-16-10-8-15(9-11-16)20-18(23)19(4,24)12-21-14(3)6-5-7-17(21)22/h5-11,13,24H,12H2,1-4H3,(H,20,23). The minimum absolute atomic E-state index is 0.0635. The number of anilines is 1. The number of nitrogens with zero attached hydrogens (tertiary/aromatic N) is 1. The number of hydrogen-bond acceptors (Lipinski definition) is 4. The summed E-state index contributed by atoms with van der Waals surface area (Å²) in [6, 6.07) is 11.7. The minimum Gasteiger partial charge on any atom is -0.491 e. The molecule has 2 N–H and O–H groups in total. The third-order valence-electron chi connectivity index (χ3n) is 3.71. The molecule has 0 aliphatic rings. The Morgan fingerprint density at radius 3 is 2.44 bits per heavy atom. The number of rotatable bonds is 6. The fraction of sp³-hybridized carbons (Fsp3) is 0.368. The van der Waals surface area contributed by atoms with Crippen LogP contribution in [-0.4, -0.2) is 27.3 Å². The summed E-state index contributed by atoms with van der Waals surface area (Å²) >= 11 is 0. The van der Waals surface area contributed by atoms with Crippen LogP contribution in [0, 0.1) is 6.92 Å². The fourth-order valence-electron chi connectivity index (χ4n) is 2.36. The highest BCUT2D eigenvalue weighted by molar-refractivity contribution is 5.96. The van der Waals surface area contributed by atoms with Crippen LogP contribution in [0.25, 0.3) is 0 Å². The van der Waals surface area contributed by atoms with E-state index in [1.54, 1.807) is 43.3 Å². The van der Waals surface area contributed by atoms with Crippen LogP contribution >= 0.6 is 0 Å². The Morgan fingerprint density at radius 2 is 1.88 bits per heavy atom. The van der Waals surface area contributed by atoms with Crippen LogP contribution in [0.3, 0.4) is 0 Å². The molecule has 0 saturated carbocycles. The summed E-state index contributed by atoms with van der Waals surface area (Å²) in [5, 5.41) is 13.2. The van der Waals surface area contributed by atoms with E-state index in [4.69, 9.17) is 4.74 Å². The van der Waals surface area contributed by atoms with Gasteiger partial charge in [-0.25, -0.2) is 0 Å². The Hall–Kier alpha value is -2.60. The molecular weight excluding hydrogens is 320 g/mol. The largest absolute Gasteiger partial charge is 0.491 e. The molecule has 134 valence electrons. The average Bonchev–Trinajstić information content (AvgIpc) is 2.52. The molecule has 0 aliphatic carbocycles.